The van der Waals surface area contributed by atoms with Crippen LogP contribution in [-0.2, 0) is 4.79 Å². The highest BCUT2D eigenvalue weighted by Gasteiger charge is 2.05. The normalized spacial score (nSPS) is 10.6. The van der Waals surface area contributed by atoms with Crippen LogP contribution in [0.4, 0.5) is 5.69 Å². The predicted octanol–water partition coefficient (Wildman–Crippen LogP) is 4.35. The summed E-state index contributed by atoms with van der Waals surface area (Å²) in [5, 5.41) is 2.85. The lowest BCUT2D eigenvalue weighted by atomic mass is 10.2. The number of hydrogen-bond acceptors (Lipinski definition) is 3. The van der Waals surface area contributed by atoms with Gasteiger partial charge in [0.15, 0.2) is 11.5 Å². The molecule has 0 bridgehead atoms. The summed E-state index contributed by atoms with van der Waals surface area (Å²) in [6.07, 6.45) is 3.24. The quantitative estimate of drug-likeness (QED) is 0.555. The van der Waals surface area contributed by atoms with E-state index in [1.165, 1.54) is 6.08 Å². The smallest absolute Gasteiger partial charge is 0.248 e. The zero-order valence-electron chi connectivity index (χ0n) is 13.0. The number of para-hydroxylation sites is 1. The Morgan fingerprint density at radius 1 is 1.22 bits per heavy atom. The average molecular weight is 423 g/mol. The molecule has 0 unspecified atom stereocenters. The van der Waals surface area contributed by atoms with Crippen molar-refractivity contribution in [3.05, 3.63) is 57.7 Å². The summed E-state index contributed by atoms with van der Waals surface area (Å²) in [6, 6.07) is 13.2. The number of carbonyl (C=O) groups excluding carboxylic acids is 1. The molecule has 0 aliphatic heterocycles. The summed E-state index contributed by atoms with van der Waals surface area (Å²) in [4.78, 5) is 12.0. The Morgan fingerprint density at radius 3 is 2.70 bits per heavy atom. The third-order valence-corrected chi connectivity index (χ3v) is 3.99. The Kier molecular flexibility index (Phi) is 6.46. The van der Waals surface area contributed by atoms with E-state index >= 15 is 0 Å². The number of nitrogens with one attached hydrogen (secondary N) is 1. The molecule has 0 fully saturated rings. The lowest BCUT2D eigenvalue weighted by Crippen LogP contribution is -2.08. The molecule has 5 heteroatoms. The molecule has 0 aromatic heterocycles. The summed E-state index contributed by atoms with van der Waals surface area (Å²) >= 11 is 2.19. The van der Waals surface area contributed by atoms with Crippen molar-refractivity contribution in [2.75, 3.05) is 19.0 Å². The molecule has 1 N–H and O–H groups in total. The lowest BCUT2D eigenvalue weighted by Gasteiger charge is -2.09. The molecule has 2 aromatic carbocycles. The zero-order valence-corrected chi connectivity index (χ0v) is 15.2. The van der Waals surface area contributed by atoms with Gasteiger partial charge in [0.2, 0.25) is 5.91 Å². The van der Waals surface area contributed by atoms with E-state index in [2.05, 4.69) is 27.9 Å². The number of benzene rings is 2. The van der Waals surface area contributed by atoms with Crippen LogP contribution in [0.15, 0.2) is 48.5 Å². The van der Waals surface area contributed by atoms with Gasteiger partial charge in [0, 0.05) is 9.65 Å². The van der Waals surface area contributed by atoms with Crippen molar-refractivity contribution in [2.24, 2.45) is 0 Å². The first-order valence-corrected chi connectivity index (χ1v) is 8.26. The zero-order chi connectivity index (χ0) is 16.7. The van der Waals surface area contributed by atoms with Gasteiger partial charge in [0.1, 0.15) is 0 Å². The van der Waals surface area contributed by atoms with Gasteiger partial charge in [-0.05, 0) is 65.4 Å². The van der Waals surface area contributed by atoms with Crippen LogP contribution in [0.1, 0.15) is 12.5 Å². The number of anilines is 1. The summed E-state index contributed by atoms with van der Waals surface area (Å²) in [6.45, 7) is 2.49. The molecule has 0 atom stereocenters. The minimum Gasteiger partial charge on any atom is -0.493 e. The van der Waals surface area contributed by atoms with E-state index in [1.54, 1.807) is 13.2 Å². The summed E-state index contributed by atoms with van der Waals surface area (Å²) in [7, 11) is 1.59. The number of halogens is 1. The standard InChI is InChI=1S/C18H18INO3/c1-3-23-16-10-8-13(12-17(16)22-2)9-11-18(21)20-15-7-5-4-6-14(15)19/h4-12H,3H2,1-2H3,(H,20,21)/b11-9+. The molecule has 0 saturated carbocycles. The third-order valence-electron chi connectivity index (χ3n) is 3.05. The summed E-state index contributed by atoms with van der Waals surface area (Å²) < 4.78 is 11.8. The van der Waals surface area contributed by atoms with E-state index in [0.717, 1.165) is 14.8 Å². The van der Waals surface area contributed by atoms with Gasteiger partial charge in [-0.1, -0.05) is 18.2 Å². The highest BCUT2D eigenvalue weighted by molar-refractivity contribution is 14.1. The fourth-order valence-electron chi connectivity index (χ4n) is 1.97. The molecule has 23 heavy (non-hydrogen) atoms. The van der Waals surface area contributed by atoms with Crippen LogP contribution in [0, 0.1) is 3.57 Å². The van der Waals surface area contributed by atoms with E-state index in [0.29, 0.717) is 18.1 Å². The van der Waals surface area contributed by atoms with Gasteiger partial charge in [-0.25, -0.2) is 0 Å². The molecule has 0 heterocycles. The molecular weight excluding hydrogens is 405 g/mol. The number of amides is 1. The van der Waals surface area contributed by atoms with Crippen molar-refractivity contribution < 1.29 is 14.3 Å². The largest absolute Gasteiger partial charge is 0.493 e. The molecule has 0 spiro atoms. The van der Waals surface area contributed by atoms with Gasteiger partial charge in [-0.15, -0.1) is 0 Å². The van der Waals surface area contributed by atoms with E-state index in [-0.39, 0.29) is 5.91 Å². The lowest BCUT2D eigenvalue weighted by molar-refractivity contribution is -0.111. The second kappa shape index (κ2) is 8.57. The highest BCUT2D eigenvalue weighted by atomic mass is 127. The van der Waals surface area contributed by atoms with E-state index in [1.807, 2.05) is 49.4 Å². The second-order valence-corrected chi connectivity index (χ2v) is 5.81. The Labute approximate surface area is 149 Å². The van der Waals surface area contributed by atoms with Gasteiger partial charge >= 0.3 is 0 Å². The summed E-state index contributed by atoms with van der Waals surface area (Å²) in [5.74, 6) is 1.16. The minimum atomic E-state index is -0.179. The Morgan fingerprint density at radius 2 is 2.00 bits per heavy atom. The maximum atomic E-state index is 12.0. The van der Waals surface area contributed by atoms with Gasteiger partial charge in [-0.2, -0.15) is 0 Å². The Hall–Kier alpha value is -2.02. The topological polar surface area (TPSA) is 47.6 Å². The molecule has 2 aromatic rings. The molecule has 0 saturated heterocycles. The monoisotopic (exact) mass is 423 g/mol. The first kappa shape index (κ1) is 17.3. The molecule has 0 aliphatic carbocycles. The molecule has 0 aliphatic rings. The van der Waals surface area contributed by atoms with Gasteiger partial charge in [-0.3, -0.25) is 4.79 Å². The molecule has 4 nitrogen and oxygen atoms in total. The van der Waals surface area contributed by atoms with E-state index < -0.39 is 0 Å². The molecule has 0 radical (unpaired) electrons. The Balaban J connectivity index is 2.07. The average Bonchev–Trinajstić information content (AvgIpc) is 2.56. The van der Waals surface area contributed by atoms with Gasteiger partial charge in [0.25, 0.3) is 0 Å². The van der Waals surface area contributed by atoms with Crippen molar-refractivity contribution in [1.82, 2.24) is 0 Å². The molecule has 2 rings (SSSR count). The fraction of sp³-hybridized carbons (Fsp3) is 0.167. The first-order valence-electron chi connectivity index (χ1n) is 7.18. The molecule has 120 valence electrons. The van der Waals surface area contributed by atoms with Crippen molar-refractivity contribution in [3.63, 3.8) is 0 Å². The van der Waals surface area contributed by atoms with E-state index in [9.17, 15) is 4.79 Å². The maximum absolute atomic E-state index is 12.0. The van der Waals surface area contributed by atoms with Crippen LogP contribution in [-0.4, -0.2) is 19.6 Å². The summed E-state index contributed by atoms with van der Waals surface area (Å²) in [5.41, 5.74) is 1.66. The van der Waals surface area contributed by atoms with Crippen LogP contribution >= 0.6 is 22.6 Å². The van der Waals surface area contributed by atoms with Crippen molar-refractivity contribution in [3.8, 4) is 11.5 Å². The van der Waals surface area contributed by atoms with Gasteiger partial charge in [0.05, 0.1) is 19.4 Å². The van der Waals surface area contributed by atoms with Crippen LogP contribution in [0.25, 0.3) is 6.08 Å². The fourth-order valence-corrected chi connectivity index (χ4v) is 2.49. The molecular formula is C18H18INO3. The number of ether oxygens (including phenoxy) is 2. The first-order chi connectivity index (χ1) is 11.1. The van der Waals surface area contributed by atoms with Crippen LogP contribution in [0.2, 0.25) is 0 Å². The minimum absolute atomic E-state index is 0.179. The SMILES string of the molecule is CCOc1ccc(/C=C/C(=O)Nc2ccccc2I)cc1OC. The van der Waals surface area contributed by atoms with Crippen LogP contribution in [0.3, 0.4) is 0 Å². The highest BCUT2D eigenvalue weighted by Crippen LogP contribution is 2.28. The Bertz CT molecular complexity index is 713. The van der Waals surface area contributed by atoms with Crippen molar-refractivity contribution in [2.45, 2.75) is 6.92 Å². The number of carbonyl (C=O) groups is 1. The predicted molar refractivity (Wildman–Crippen MR) is 101 cm³/mol. The second-order valence-electron chi connectivity index (χ2n) is 4.65. The van der Waals surface area contributed by atoms with Crippen LogP contribution < -0.4 is 14.8 Å². The third kappa shape index (κ3) is 4.99. The number of methoxy groups -OCH3 is 1. The number of rotatable bonds is 6. The van der Waals surface area contributed by atoms with Gasteiger partial charge < -0.3 is 14.8 Å². The maximum Gasteiger partial charge on any atom is 0.248 e. The van der Waals surface area contributed by atoms with Crippen LogP contribution in [0.5, 0.6) is 11.5 Å². The van der Waals surface area contributed by atoms with E-state index in [4.69, 9.17) is 9.47 Å². The molecule has 1 amide bonds. The van der Waals surface area contributed by atoms with Crippen molar-refractivity contribution in [1.29, 1.82) is 0 Å². The van der Waals surface area contributed by atoms with Crippen molar-refractivity contribution >= 4 is 40.3 Å². The number of hydrogen-bond donors (Lipinski definition) is 1.